The Hall–Kier alpha value is -1.59. The molecule has 6 heteroatoms. The second-order valence-corrected chi connectivity index (χ2v) is 6.25. The van der Waals surface area contributed by atoms with Crippen LogP contribution in [0.3, 0.4) is 0 Å². The van der Waals surface area contributed by atoms with E-state index in [9.17, 15) is 9.59 Å². The van der Waals surface area contributed by atoms with Crippen molar-refractivity contribution in [1.82, 2.24) is 19.2 Å². The molecular weight excluding hydrogens is 268 g/mol. The number of amides is 1. The Labute approximate surface area is 124 Å². The molecule has 2 heterocycles. The third-order valence-electron chi connectivity index (χ3n) is 4.70. The van der Waals surface area contributed by atoms with Gasteiger partial charge in [-0.05, 0) is 31.6 Å². The van der Waals surface area contributed by atoms with Gasteiger partial charge in [0.15, 0.2) is 5.82 Å². The standard InChI is InChI=1S/C15H24N4O2/c1-3-12(4-2)14(20)17-7-8-18-13(10-17)16-19(15(18)21)9-11-5-6-11/h11-12H,3-10H2,1-2H3. The average Bonchev–Trinajstić information content (AvgIpc) is 3.25. The van der Waals surface area contributed by atoms with Crippen molar-refractivity contribution in [3.63, 3.8) is 0 Å². The summed E-state index contributed by atoms with van der Waals surface area (Å²) < 4.78 is 3.33. The summed E-state index contributed by atoms with van der Waals surface area (Å²) in [5.74, 6) is 1.67. The molecule has 1 aliphatic heterocycles. The van der Waals surface area contributed by atoms with Gasteiger partial charge in [-0.1, -0.05) is 13.8 Å². The van der Waals surface area contributed by atoms with E-state index < -0.39 is 0 Å². The summed E-state index contributed by atoms with van der Waals surface area (Å²) in [5.41, 5.74) is -0.00784. The van der Waals surface area contributed by atoms with Crippen LogP contribution < -0.4 is 5.69 Å². The van der Waals surface area contributed by atoms with E-state index in [-0.39, 0.29) is 17.5 Å². The second kappa shape index (κ2) is 5.66. The number of rotatable bonds is 5. The fourth-order valence-corrected chi connectivity index (χ4v) is 3.05. The van der Waals surface area contributed by atoms with Crippen molar-refractivity contribution in [1.29, 1.82) is 0 Å². The van der Waals surface area contributed by atoms with E-state index >= 15 is 0 Å². The molecule has 0 unspecified atom stereocenters. The van der Waals surface area contributed by atoms with Gasteiger partial charge >= 0.3 is 5.69 Å². The highest BCUT2D eigenvalue weighted by Gasteiger charge is 2.29. The van der Waals surface area contributed by atoms with Gasteiger partial charge in [0.25, 0.3) is 0 Å². The molecule has 1 saturated carbocycles. The first kappa shape index (κ1) is 14.4. The molecule has 0 bridgehead atoms. The van der Waals surface area contributed by atoms with Crippen LogP contribution in [0.25, 0.3) is 0 Å². The van der Waals surface area contributed by atoms with Crippen LogP contribution in [0.2, 0.25) is 0 Å². The fraction of sp³-hybridized carbons (Fsp3) is 0.800. The number of hydrogen-bond acceptors (Lipinski definition) is 3. The lowest BCUT2D eigenvalue weighted by Crippen LogP contribution is -2.43. The Morgan fingerprint density at radius 2 is 2.00 bits per heavy atom. The summed E-state index contributed by atoms with van der Waals surface area (Å²) in [5, 5.41) is 4.45. The second-order valence-electron chi connectivity index (χ2n) is 6.25. The number of nitrogens with zero attached hydrogens (tertiary/aromatic N) is 4. The maximum absolute atomic E-state index is 12.5. The zero-order valence-corrected chi connectivity index (χ0v) is 12.9. The number of aromatic nitrogens is 3. The van der Waals surface area contributed by atoms with Crippen LogP contribution in [0.5, 0.6) is 0 Å². The highest BCUT2D eigenvalue weighted by molar-refractivity contribution is 5.78. The molecule has 1 aromatic heterocycles. The van der Waals surface area contributed by atoms with Gasteiger partial charge < -0.3 is 4.90 Å². The Morgan fingerprint density at radius 3 is 2.62 bits per heavy atom. The van der Waals surface area contributed by atoms with Gasteiger partial charge in [-0.3, -0.25) is 9.36 Å². The molecule has 116 valence electrons. The molecule has 3 rings (SSSR count). The van der Waals surface area contributed by atoms with Crippen molar-refractivity contribution in [2.45, 2.75) is 59.2 Å². The van der Waals surface area contributed by atoms with E-state index in [2.05, 4.69) is 18.9 Å². The fourth-order valence-electron chi connectivity index (χ4n) is 3.05. The lowest BCUT2D eigenvalue weighted by Gasteiger charge is -2.29. The molecule has 6 nitrogen and oxygen atoms in total. The zero-order chi connectivity index (χ0) is 15.0. The molecule has 0 spiro atoms. The molecule has 0 radical (unpaired) electrons. The van der Waals surface area contributed by atoms with E-state index in [0.29, 0.717) is 25.6 Å². The van der Waals surface area contributed by atoms with Crippen LogP contribution in [0, 0.1) is 11.8 Å². The van der Waals surface area contributed by atoms with Gasteiger partial charge in [0.1, 0.15) is 0 Å². The van der Waals surface area contributed by atoms with Crippen LogP contribution in [0.4, 0.5) is 0 Å². The summed E-state index contributed by atoms with van der Waals surface area (Å²) >= 11 is 0. The molecule has 1 amide bonds. The molecule has 0 aromatic carbocycles. The normalized spacial score (nSPS) is 18.1. The molecule has 1 aromatic rings. The third-order valence-corrected chi connectivity index (χ3v) is 4.70. The maximum Gasteiger partial charge on any atom is 0.346 e. The quantitative estimate of drug-likeness (QED) is 0.820. The Bertz CT molecular complexity index is 581. The van der Waals surface area contributed by atoms with E-state index in [0.717, 1.165) is 25.2 Å². The van der Waals surface area contributed by atoms with Crippen molar-refractivity contribution < 1.29 is 4.79 Å². The molecule has 0 N–H and O–H groups in total. The van der Waals surface area contributed by atoms with E-state index in [1.54, 1.807) is 9.25 Å². The van der Waals surface area contributed by atoms with Gasteiger partial charge in [-0.25, -0.2) is 9.48 Å². The topological polar surface area (TPSA) is 60.1 Å². The van der Waals surface area contributed by atoms with Crippen molar-refractivity contribution in [3.05, 3.63) is 16.3 Å². The highest BCUT2D eigenvalue weighted by Crippen LogP contribution is 2.30. The van der Waals surface area contributed by atoms with Crippen LogP contribution in [0.15, 0.2) is 4.79 Å². The first-order chi connectivity index (χ1) is 10.1. The Balaban J connectivity index is 1.75. The van der Waals surface area contributed by atoms with Gasteiger partial charge in [-0.2, -0.15) is 5.10 Å². The van der Waals surface area contributed by atoms with Gasteiger partial charge in [0.2, 0.25) is 5.91 Å². The Morgan fingerprint density at radius 1 is 1.29 bits per heavy atom. The van der Waals surface area contributed by atoms with Crippen molar-refractivity contribution in [3.8, 4) is 0 Å². The maximum atomic E-state index is 12.5. The summed E-state index contributed by atoms with van der Waals surface area (Å²) in [6, 6.07) is 0. The predicted molar refractivity (Wildman–Crippen MR) is 78.7 cm³/mol. The minimum Gasteiger partial charge on any atom is -0.333 e. The van der Waals surface area contributed by atoms with Crippen LogP contribution in [-0.2, 0) is 24.4 Å². The summed E-state index contributed by atoms with van der Waals surface area (Å²) in [6.07, 6.45) is 4.14. The third kappa shape index (κ3) is 2.76. The summed E-state index contributed by atoms with van der Waals surface area (Å²) in [7, 11) is 0. The molecule has 0 saturated heterocycles. The molecular formula is C15H24N4O2. The van der Waals surface area contributed by atoms with Crippen molar-refractivity contribution >= 4 is 5.91 Å². The van der Waals surface area contributed by atoms with E-state index in [1.165, 1.54) is 12.8 Å². The van der Waals surface area contributed by atoms with Gasteiger partial charge in [0.05, 0.1) is 6.54 Å². The molecule has 2 aliphatic rings. The van der Waals surface area contributed by atoms with Crippen LogP contribution in [0.1, 0.15) is 45.4 Å². The highest BCUT2D eigenvalue weighted by atomic mass is 16.2. The lowest BCUT2D eigenvalue weighted by atomic mass is 10.0. The summed E-state index contributed by atoms with van der Waals surface area (Å²) in [4.78, 5) is 26.6. The summed E-state index contributed by atoms with van der Waals surface area (Å²) in [6.45, 7) is 6.51. The van der Waals surface area contributed by atoms with Crippen molar-refractivity contribution in [2.24, 2.45) is 11.8 Å². The first-order valence-corrected chi connectivity index (χ1v) is 8.09. The minimum absolute atomic E-state index is 0.00784. The van der Waals surface area contributed by atoms with Crippen LogP contribution >= 0.6 is 0 Å². The monoisotopic (exact) mass is 292 g/mol. The average molecular weight is 292 g/mol. The first-order valence-electron chi connectivity index (χ1n) is 8.09. The number of fused-ring (bicyclic) bond motifs is 1. The molecule has 1 fully saturated rings. The molecule has 1 aliphatic carbocycles. The predicted octanol–water partition coefficient (Wildman–Crippen LogP) is 1.23. The molecule has 21 heavy (non-hydrogen) atoms. The van der Waals surface area contributed by atoms with E-state index in [4.69, 9.17) is 0 Å². The Kier molecular flexibility index (Phi) is 3.87. The van der Waals surface area contributed by atoms with Gasteiger partial charge in [0, 0.05) is 25.6 Å². The smallest absolute Gasteiger partial charge is 0.333 e. The van der Waals surface area contributed by atoms with Gasteiger partial charge in [-0.15, -0.1) is 0 Å². The van der Waals surface area contributed by atoms with Crippen LogP contribution in [-0.4, -0.2) is 31.7 Å². The molecule has 0 atom stereocenters. The zero-order valence-electron chi connectivity index (χ0n) is 12.9. The lowest BCUT2D eigenvalue weighted by molar-refractivity contribution is -0.137. The van der Waals surface area contributed by atoms with E-state index in [1.807, 2.05) is 4.90 Å². The number of hydrogen-bond donors (Lipinski definition) is 0. The van der Waals surface area contributed by atoms with Crippen molar-refractivity contribution in [2.75, 3.05) is 6.54 Å². The number of carbonyl (C=O) groups excluding carboxylic acids is 1. The largest absolute Gasteiger partial charge is 0.346 e. The number of carbonyl (C=O) groups is 1. The SMILES string of the molecule is CCC(CC)C(=O)N1CCn2c(nn(CC3CC3)c2=O)C1. The minimum atomic E-state index is -0.00784.